The van der Waals surface area contributed by atoms with Gasteiger partial charge in [-0.05, 0) is 36.6 Å². The lowest BCUT2D eigenvalue weighted by Crippen LogP contribution is -2.29. The molecule has 1 aliphatic heterocycles. The van der Waals surface area contributed by atoms with Crippen LogP contribution in [-0.2, 0) is 10.0 Å². The van der Waals surface area contributed by atoms with E-state index in [1.165, 1.54) is 17.1 Å². The molecule has 0 N–H and O–H groups in total. The van der Waals surface area contributed by atoms with Crippen molar-refractivity contribution in [1.29, 1.82) is 0 Å². The van der Waals surface area contributed by atoms with Gasteiger partial charge in [-0.25, -0.2) is 8.42 Å². The van der Waals surface area contributed by atoms with Crippen LogP contribution in [0, 0.1) is 0 Å². The van der Waals surface area contributed by atoms with Gasteiger partial charge in [0, 0.05) is 37.3 Å². The van der Waals surface area contributed by atoms with Crippen LogP contribution in [0.3, 0.4) is 0 Å². The molecule has 8 heteroatoms. The Kier molecular flexibility index (Phi) is 5.12. The van der Waals surface area contributed by atoms with E-state index in [4.69, 9.17) is 9.51 Å². The van der Waals surface area contributed by atoms with Crippen molar-refractivity contribution in [2.75, 3.05) is 13.1 Å². The Bertz CT molecular complexity index is 1100. The van der Waals surface area contributed by atoms with Crippen molar-refractivity contribution >= 4 is 10.0 Å². The number of hydrogen-bond donors (Lipinski definition) is 0. The molecule has 0 amide bonds. The maximum absolute atomic E-state index is 13.2. The Balaban J connectivity index is 1.48. The maximum atomic E-state index is 13.2. The van der Waals surface area contributed by atoms with Crippen molar-refractivity contribution in [3.8, 4) is 0 Å². The van der Waals surface area contributed by atoms with E-state index < -0.39 is 10.0 Å². The van der Waals surface area contributed by atoms with Crippen LogP contribution in [0.25, 0.3) is 0 Å². The molecule has 2 fully saturated rings. The summed E-state index contributed by atoms with van der Waals surface area (Å²) in [6.45, 7) is 0.665. The molecule has 0 radical (unpaired) electrons. The van der Waals surface area contributed by atoms with Crippen LogP contribution in [0.2, 0.25) is 0 Å². The summed E-state index contributed by atoms with van der Waals surface area (Å²) in [7, 11) is -3.61. The van der Waals surface area contributed by atoms with Crippen LogP contribution < -0.4 is 0 Å². The Morgan fingerprint density at radius 2 is 1.73 bits per heavy atom. The molecule has 0 bridgehead atoms. The Morgan fingerprint density at radius 3 is 2.47 bits per heavy atom. The van der Waals surface area contributed by atoms with Crippen LogP contribution in [0.15, 0.2) is 64.3 Å². The van der Waals surface area contributed by atoms with E-state index in [1.807, 2.05) is 18.2 Å². The van der Waals surface area contributed by atoms with Crippen molar-refractivity contribution in [1.82, 2.24) is 19.4 Å². The van der Waals surface area contributed by atoms with Crippen molar-refractivity contribution in [2.45, 2.75) is 48.3 Å². The van der Waals surface area contributed by atoms with E-state index >= 15 is 0 Å². The summed E-state index contributed by atoms with van der Waals surface area (Å²) in [4.78, 5) is 9.25. The Hall–Kier alpha value is -2.58. The predicted octanol–water partition coefficient (Wildman–Crippen LogP) is 3.69. The molecule has 156 valence electrons. The second-order valence-corrected chi connectivity index (χ2v) is 10.0. The van der Waals surface area contributed by atoms with Gasteiger partial charge < -0.3 is 4.52 Å². The first kappa shape index (κ1) is 19.4. The molecule has 1 aromatic carbocycles. The number of hydrogen-bond acceptors (Lipinski definition) is 6. The zero-order chi connectivity index (χ0) is 20.6. The van der Waals surface area contributed by atoms with Gasteiger partial charge in [-0.3, -0.25) is 4.98 Å². The minimum Gasteiger partial charge on any atom is -0.339 e. The molecule has 2 aromatic heterocycles. The van der Waals surface area contributed by atoms with E-state index in [-0.39, 0.29) is 11.8 Å². The quantitative estimate of drug-likeness (QED) is 0.620. The smallest absolute Gasteiger partial charge is 0.243 e. The first-order valence-corrected chi connectivity index (χ1v) is 11.9. The van der Waals surface area contributed by atoms with Gasteiger partial charge in [0.15, 0.2) is 5.82 Å². The zero-order valence-corrected chi connectivity index (χ0v) is 17.4. The molecule has 2 unspecified atom stereocenters. The van der Waals surface area contributed by atoms with Crippen LogP contribution in [0.1, 0.15) is 60.7 Å². The normalized spacial score (nSPS) is 23.2. The standard InChI is InChI=1S/C22H24N4O3S/c27-30(28,18-10-2-1-3-11-18)26-14-19(17-9-6-12-23-13-17)20(15-26)22-24-21(25-29-22)16-7-4-5-8-16/h1-3,6,9-13,16,19-20H,4-5,7-8,14-15H2. The molecular formula is C22H24N4O3S. The molecule has 3 heterocycles. The molecule has 2 atom stereocenters. The number of aromatic nitrogens is 3. The third-order valence-corrected chi connectivity index (χ3v) is 8.12. The molecule has 1 saturated heterocycles. The highest BCUT2D eigenvalue weighted by atomic mass is 32.2. The van der Waals surface area contributed by atoms with Crippen LogP contribution in [-0.4, -0.2) is 40.9 Å². The topological polar surface area (TPSA) is 89.2 Å². The van der Waals surface area contributed by atoms with Gasteiger partial charge in [0.1, 0.15) is 0 Å². The van der Waals surface area contributed by atoms with Crippen LogP contribution >= 0.6 is 0 Å². The highest BCUT2D eigenvalue weighted by Crippen LogP contribution is 2.42. The summed E-state index contributed by atoms with van der Waals surface area (Å²) in [5.41, 5.74) is 0.980. The summed E-state index contributed by atoms with van der Waals surface area (Å²) >= 11 is 0. The number of benzene rings is 1. The van der Waals surface area contributed by atoms with Gasteiger partial charge in [-0.15, -0.1) is 0 Å². The SMILES string of the molecule is O=S(=O)(c1ccccc1)N1CC(c2cccnc2)C(c2nc(C3CCCC3)no2)C1. The molecule has 0 spiro atoms. The van der Waals surface area contributed by atoms with Crippen molar-refractivity contribution in [3.05, 3.63) is 72.1 Å². The third kappa shape index (κ3) is 3.54. The molecule has 7 nitrogen and oxygen atoms in total. The molecular weight excluding hydrogens is 400 g/mol. The van der Waals surface area contributed by atoms with Gasteiger partial charge in [-0.1, -0.05) is 42.3 Å². The lowest BCUT2D eigenvalue weighted by atomic mass is 9.90. The summed E-state index contributed by atoms with van der Waals surface area (Å²) in [5, 5.41) is 4.25. The summed E-state index contributed by atoms with van der Waals surface area (Å²) in [6.07, 6.45) is 8.08. The zero-order valence-electron chi connectivity index (χ0n) is 16.6. The monoisotopic (exact) mass is 424 g/mol. The van der Waals surface area contributed by atoms with Gasteiger partial charge in [0.05, 0.1) is 10.8 Å². The molecule has 30 heavy (non-hydrogen) atoms. The predicted molar refractivity (Wildman–Crippen MR) is 110 cm³/mol. The molecule has 1 aliphatic carbocycles. The first-order valence-electron chi connectivity index (χ1n) is 10.4. The minimum atomic E-state index is -3.61. The largest absolute Gasteiger partial charge is 0.339 e. The number of pyridine rings is 1. The van der Waals surface area contributed by atoms with Crippen molar-refractivity contribution in [3.63, 3.8) is 0 Å². The summed E-state index contributed by atoms with van der Waals surface area (Å²) in [6, 6.07) is 12.4. The summed E-state index contributed by atoms with van der Waals surface area (Å²) in [5.74, 6) is 1.35. The lowest BCUT2D eigenvalue weighted by molar-refractivity contribution is 0.342. The van der Waals surface area contributed by atoms with Crippen LogP contribution in [0.5, 0.6) is 0 Å². The lowest BCUT2D eigenvalue weighted by Gasteiger charge is -2.16. The second-order valence-electron chi connectivity index (χ2n) is 8.11. The van der Waals surface area contributed by atoms with Crippen molar-refractivity contribution < 1.29 is 12.9 Å². The molecule has 1 saturated carbocycles. The van der Waals surface area contributed by atoms with E-state index in [1.54, 1.807) is 36.7 Å². The van der Waals surface area contributed by atoms with Crippen LogP contribution in [0.4, 0.5) is 0 Å². The van der Waals surface area contributed by atoms with Crippen molar-refractivity contribution in [2.24, 2.45) is 0 Å². The minimum absolute atomic E-state index is 0.0888. The molecule has 5 rings (SSSR count). The van der Waals surface area contributed by atoms with Gasteiger partial charge >= 0.3 is 0 Å². The summed E-state index contributed by atoms with van der Waals surface area (Å²) < 4.78 is 33.7. The number of rotatable bonds is 5. The van der Waals surface area contributed by atoms with Gasteiger partial charge in [0.2, 0.25) is 15.9 Å². The van der Waals surface area contributed by atoms with E-state index in [9.17, 15) is 8.42 Å². The average Bonchev–Trinajstić information content (AvgIpc) is 3.55. The third-order valence-electron chi connectivity index (χ3n) is 6.27. The highest BCUT2D eigenvalue weighted by Gasteiger charge is 2.43. The fourth-order valence-electron chi connectivity index (χ4n) is 4.64. The number of sulfonamides is 1. The fourth-order valence-corrected chi connectivity index (χ4v) is 6.15. The highest BCUT2D eigenvalue weighted by molar-refractivity contribution is 7.89. The van der Waals surface area contributed by atoms with E-state index in [0.29, 0.717) is 29.8 Å². The van der Waals surface area contributed by atoms with E-state index in [0.717, 1.165) is 24.2 Å². The van der Waals surface area contributed by atoms with Gasteiger partial charge in [-0.2, -0.15) is 9.29 Å². The van der Waals surface area contributed by atoms with Gasteiger partial charge in [0.25, 0.3) is 0 Å². The molecule has 2 aliphatic rings. The Labute approximate surface area is 176 Å². The molecule has 3 aromatic rings. The number of nitrogens with zero attached hydrogens (tertiary/aromatic N) is 4. The first-order chi connectivity index (χ1) is 14.6. The second kappa shape index (κ2) is 7.92. The maximum Gasteiger partial charge on any atom is 0.243 e. The Morgan fingerprint density at radius 1 is 0.967 bits per heavy atom. The van der Waals surface area contributed by atoms with E-state index in [2.05, 4.69) is 10.1 Å². The fraction of sp³-hybridized carbons (Fsp3) is 0.409. The average molecular weight is 425 g/mol.